The molecule has 1 N–H and O–H groups in total. The predicted molar refractivity (Wildman–Crippen MR) is 90.5 cm³/mol. The van der Waals surface area contributed by atoms with Gasteiger partial charge in [-0.3, -0.25) is 9.59 Å². The lowest BCUT2D eigenvalue weighted by Gasteiger charge is -2.12. The van der Waals surface area contributed by atoms with Crippen molar-refractivity contribution in [2.45, 2.75) is 13.0 Å². The summed E-state index contributed by atoms with van der Waals surface area (Å²) in [5.41, 5.74) is 1.83. The fourth-order valence-corrected chi connectivity index (χ4v) is 2.59. The maximum atomic E-state index is 12.5. The molecule has 0 radical (unpaired) electrons. The van der Waals surface area contributed by atoms with E-state index >= 15 is 0 Å². The van der Waals surface area contributed by atoms with Crippen LogP contribution in [0, 0.1) is 0 Å². The molecule has 1 aromatic heterocycles. The third kappa shape index (κ3) is 2.88. The molecule has 1 atom stereocenters. The Balaban J connectivity index is 1.91. The second kappa shape index (κ2) is 6.58. The average molecular weight is 323 g/mol. The van der Waals surface area contributed by atoms with E-state index in [0.29, 0.717) is 22.3 Å². The van der Waals surface area contributed by atoms with Crippen LogP contribution in [0.2, 0.25) is 0 Å². The Labute approximate surface area is 139 Å². The van der Waals surface area contributed by atoms with Crippen molar-refractivity contribution in [3.05, 3.63) is 65.4 Å². The van der Waals surface area contributed by atoms with E-state index in [1.807, 2.05) is 37.3 Å². The van der Waals surface area contributed by atoms with Gasteiger partial charge in [0, 0.05) is 10.9 Å². The molecule has 0 aliphatic carbocycles. The van der Waals surface area contributed by atoms with E-state index in [0.717, 1.165) is 11.8 Å². The molecule has 122 valence electrons. The first kappa shape index (κ1) is 15.8. The maximum absolute atomic E-state index is 12.5. The summed E-state index contributed by atoms with van der Waals surface area (Å²) in [4.78, 5) is 23.6. The first-order chi connectivity index (χ1) is 11.6. The van der Waals surface area contributed by atoms with E-state index in [1.54, 1.807) is 18.2 Å². The normalized spacial score (nSPS) is 11.9. The van der Waals surface area contributed by atoms with E-state index in [1.165, 1.54) is 7.11 Å². The summed E-state index contributed by atoms with van der Waals surface area (Å²) in [5.74, 6) is 0.271. The Hall–Kier alpha value is -3.08. The van der Waals surface area contributed by atoms with Gasteiger partial charge in [-0.05, 0) is 30.7 Å². The molecule has 0 saturated heterocycles. The second-order valence-corrected chi connectivity index (χ2v) is 5.43. The molecule has 2 aromatic carbocycles. The van der Waals surface area contributed by atoms with Crippen LogP contribution >= 0.6 is 0 Å². The highest BCUT2D eigenvalue weighted by Crippen LogP contribution is 2.31. The Kier molecular flexibility index (Phi) is 4.33. The number of amides is 1. The lowest BCUT2D eigenvalue weighted by molar-refractivity contribution is 0.0913. The number of nitrogens with one attached hydrogen (secondary N) is 1. The third-order valence-corrected chi connectivity index (χ3v) is 3.90. The molecule has 0 fully saturated rings. The number of ether oxygens (including phenoxy) is 1. The van der Waals surface area contributed by atoms with Crippen LogP contribution in [-0.2, 0) is 0 Å². The molecule has 24 heavy (non-hydrogen) atoms. The molecule has 0 unspecified atom stereocenters. The van der Waals surface area contributed by atoms with E-state index < -0.39 is 0 Å². The molecule has 0 aliphatic heterocycles. The summed E-state index contributed by atoms with van der Waals surface area (Å²) in [6, 6.07) is 14.3. The predicted octanol–water partition coefficient (Wildman–Crippen LogP) is 3.74. The highest BCUT2D eigenvalue weighted by atomic mass is 16.5. The quantitative estimate of drug-likeness (QED) is 0.726. The van der Waals surface area contributed by atoms with Gasteiger partial charge in [0.1, 0.15) is 0 Å². The number of methoxy groups -OCH3 is 1. The van der Waals surface area contributed by atoms with Crippen molar-refractivity contribution in [3.63, 3.8) is 0 Å². The zero-order valence-electron chi connectivity index (χ0n) is 13.4. The van der Waals surface area contributed by atoms with Crippen LogP contribution in [0.15, 0.2) is 52.9 Å². The number of hydrogen-bond acceptors (Lipinski definition) is 4. The molecule has 1 amide bonds. The van der Waals surface area contributed by atoms with Crippen molar-refractivity contribution in [1.29, 1.82) is 0 Å². The van der Waals surface area contributed by atoms with Crippen LogP contribution in [0.5, 0.6) is 5.75 Å². The van der Waals surface area contributed by atoms with Gasteiger partial charge in [-0.25, -0.2) is 0 Å². The second-order valence-electron chi connectivity index (χ2n) is 5.43. The molecule has 5 heteroatoms. The minimum atomic E-state index is -0.346. The topological polar surface area (TPSA) is 68.5 Å². The minimum absolute atomic E-state index is 0.139. The van der Waals surface area contributed by atoms with Crippen molar-refractivity contribution >= 4 is 23.2 Å². The molecule has 3 aromatic rings. The first-order valence-corrected chi connectivity index (χ1v) is 7.55. The summed E-state index contributed by atoms with van der Waals surface area (Å²) < 4.78 is 10.9. The van der Waals surface area contributed by atoms with Crippen LogP contribution < -0.4 is 10.1 Å². The molecule has 0 saturated carbocycles. The fraction of sp³-hybridized carbons (Fsp3) is 0.158. The number of carbonyl (C=O) groups is 2. The molecular weight excluding hydrogens is 306 g/mol. The SMILES string of the molecule is COc1ccc(C=O)c2cc(C(=O)N[C@@H](C)c3ccccc3)oc12. The number of furan rings is 1. The van der Waals surface area contributed by atoms with Crippen LogP contribution in [0.25, 0.3) is 11.0 Å². The summed E-state index contributed by atoms with van der Waals surface area (Å²) in [6.07, 6.45) is 0.728. The van der Waals surface area contributed by atoms with Crippen LogP contribution in [0.4, 0.5) is 0 Å². The smallest absolute Gasteiger partial charge is 0.287 e. The van der Waals surface area contributed by atoms with Gasteiger partial charge >= 0.3 is 0 Å². The minimum Gasteiger partial charge on any atom is -0.493 e. The average Bonchev–Trinajstić information content (AvgIpc) is 3.07. The number of hydrogen-bond donors (Lipinski definition) is 1. The van der Waals surface area contributed by atoms with Gasteiger partial charge in [0.25, 0.3) is 5.91 Å². The first-order valence-electron chi connectivity index (χ1n) is 7.55. The van der Waals surface area contributed by atoms with Crippen molar-refractivity contribution < 1.29 is 18.7 Å². The highest BCUT2D eigenvalue weighted by Gasteiger charge is 2.19. The number of fused-ring (bicyclic) bond motifs is 1. The number of carbonyl (C=O) groups excluding carboxylic acids is 2. The van der Waals surface area contributed by atoms with Gasteiger partial charge in [0.2, 0.25) is 0 Å². The lowest BCUT2D eigenvalue weighted by Crippen LogP contribution is -2.26. The monoisotopic (exact) mass is 323 g/mol. The molecule has 3 rings (SSSR count). The van der Waals surface area contributed by atoms with Crippen molar-refractivity contribution in [1.82, 2.24) is 5.32 Å². The summed E-state index contributed by atoms with van der Waals surface area (Å²) in [7, 11) is 1.51. The largest absolute Gasteiger partial charge is 0.493 e. The molecule has 0 aliphatic rings. The van der Waals surface area contributed by atoms with Crippen LogP contribution in [0.3, 0.4) is 0 Å². The molecule has 0 bridgehead atoms. The van der Waals surface area contributed by atoms with Gasteiger partial charge < -0.3 is 14.5 Å². The van der Waals surface area contributed by atoms with Gasteiger partial charge in [-0.2, -0.15) is 0 Å². The standard InChI is InChI=1S/C19H17NO4/c1-12(13-6-4-3-5-7-13)20-19(22)17-10-15-14(11-21)8-9-16(23-2)18(15)24-17/h3-12H,1-2H3,(H,20,22)/t12-/m0/s1. The highest BCUT2D eigenvalue weighted by molar-refractivity contribution is 6.03. The zero-order chi connectivity index (χ0) is 17.1. The molecule has 1 heterocycles. The zero-order valence-corrected chi connectivity index (χ0v) is 13.4. The van der Waals surface area contributed by atoms with E-state index in [-0.39, 0.29) is 17.7 Å². The Morgan fingerprint density at radius 1 is 1.21 bits per heavy atom. The van der Waals surface area contributed by atoms with Gasteiger partial charge in [-0.15, -0.1) is 0 Å². The number of aldehydes is 1. The number of rotatable bonds is 5. The Morgan fingerprint density at radius 2 is 1.96 bits per heavy atom. The maximum Gasteiger partial charge on any atom is 0.287 e. The van der Waals surface area contributed by atoms with E-state index in [2.05, 4.69) is 5.32 Å². The van der Waals surface area contributed by atoms with Gasteiger partial charge in [-0.1, -0.05) is 30.3 Å². The summed E-state index contributed by atoms with van der Waals surface area (Å²) in [6.45, 7) is 1.90. The van der Waals surface area contributed by atoms with Crippen LogP contribution in [-0.4, -0.2) is 19.3 Å². The van der Waals surface area contributed by atoms with Gasteiger partial charge in [0.15, 0.2) is 23.4 Å². The van der Waals surface area contributed by atoms with Crippen molar-refractivity contribution in [3.8, 4) is 5.75 Å². The van der Waals surface area contributed by atoms with Gasteiger partial charge in [0.05, 0.1) is 13.2 Å². The lowest BCUT2D eigenvalue weighted by atomic mass is 10.1. The van der Waals surface area contributed by atoms with Crippen molar-refractivity contribution in [2.24, 2.45) is 0 Å². The molecule has 0 spiro atoms. The Bertz CT molecular complexity index is 883. The van der Waals surface area contributed by atoms with Crippen molar-refractivity contribution in [2.75, 3.05) is 7.11 Å². The fourth-order valence-electron chi connectivity index (χ4n) is 2.59. The summed E-state index contributed by atoms with van der Waals surface area (Å²) in [5, 5.41) is 3.44. The summed E-state index contributed by atoms with van der Waals surface area (Å²) >= 11 is 0. The molecule has 5 nitrogen and oxygen atoms in total. The van der Waals surface area contributed by atoms with E-state index in [9.17, 15) is 9.59 Å². The van der Waals surface area contributed by atoms with E-state index in [4.69, 9.17) is 9.15 Å². The molecular formula is C19H17NO4. The number of benzene rings is 2. The Morgan fingerprint density at radius 3 is 2.62 bits per heavy atom. The third-order valence-electron chi connectivity index (χ3n) is 3.90. The van der Waals surface area contributed by atoms with Crippen LogP contribution in [0.1, 0.15) is 39.4 Å².